The molecule has 0 amide bonds. The molecule has 1 aliphatic carbocycles. The van der Waals surface area contributed by atoms with Gasteiger partial charge in [-0.2, -0.15) is 0 Å². The number of hydrogen-bond acceptors (Lipinski definition) is 0. The Balaban J connectivity index is 1.93. The Morgan fingerprint density at radius 2 is 1.59 bits per heavy atom. The maximum absolute atomic E-state index is 13.5. The SMILES string of the molecule is CCc1ccc(CCC2=CCCC=C2F)cc1. The van der Waals surface area contributed by atoms with Crippen molar-refractivity contribution < 1.29 is 4.39 Å². The predicted octanol–water partition coefficient (Wildman–Crippen LogP) is 4.76. The molecule has 0 aliphatic heterocycles. The smallest absolute Gasteiger partial charge is 0.122 e. The van der Waals surface area contributed by atoms with Crippen LogP contribution in [0.2, 0.25) is 0 Å². The molecule has 1 heteroatoms. The zero-order valence-electron chi connectivity index (χ0n) is 10.4. The second-order valence-electron chi connectivity index (χ2n) is 4.53. The molecule has 1 aliphatic rings. The van der Waals surface area contributed by atoms with Crippen molar-refractivity contribution in [3.05, 3.63) is 58.9 Å². The van der Waals surface area contributed by atoms with Gasteiger partial charge in [0, 0.05) is 0 Å². The summed E-state index contributed by atoms with van der Waals surface area (Å²) in [5.74, 6) is -0.0126. The average Bonchev–Trinajstić information content (AvgIpc) is 2.38. The number of hydrogen-bond donors (Lipinski definition) is 0. The molecule has 2 rings (SSSR count). The second kappa shape index (κ2) is 5.81. The molecule has 0 unspecified atom stereocenters. The van der Waals surface area contributed by atoms with Crippen molar-refractivity contribution in [1.29, 1.82) is 0 Å². The number of rotatable bonds is 4. The van der Waals surface area contributed by atoms with Crippen LogP contribution >= 0.6 is 0 Å². The van der Waals surface area contributed by atoms with E-state index in [-0.39, 0.29) is 5.83 Å². The van der Waals surface area contributed by atoms with Crippen LogP contribution in [0.25, 0.3) is 0 Å². The molecule has 0 spiro atoms. The maximum Gasteiger partial charge on any atom is 0.122 e. The molecule has 0 saturated carbocycles. The average molecular weight is 230 g/mol. The van der Waals surface area contributed by atoms with Crippen LogP contribution in [0.3, 0.4) is 0 Å². The molecule has 0 aromatic heterocycles. The highest BCUT2D eigenvalue weighted by Gasteiger charge is 2.08. The van der Waals surface area contributed by atoms with Gasteiger partial charge in [0.2, 0.25) is 0 Å². The molecular weight excluding hydrogens is 211 g/mol. The summed E-state index contributed by atoms with van der Waals surface area (Å²) in [4.78, 5) is 0. The van der Waals surface area contributed by atoms with E-state index < -0.39 is 0 Å². The van der Waals surface area contributed by atoms with Gasteiger partial charge in [-0.15, -0.1) is 0 Å². The normalized spacial score (nSPS) is 15.4. The quantitative estimate of drug-likeness (QED) is 0.700. The highest BCUT2D eigenvalue weighted by atomic mass is 19.1. The summed E-state index contributed by atoms with van der Waals surface area (Å²) >= 11 is 0. The molecule has 0 fully saturated rings. The molecule has 0 atom stereocenters. The van der Waals surface area contributed by atoms with Crippen LogP contribution in [-0.4, -0.2) is 0 Å². The Morgan fingerprint density at radius 3 is 2.24 bits per heavy atom. The van der Waals surface area contributed by atoms with Crippen molar-refractivity contribution in [3.8, 4) is 0 Å². The van der Waals surface area contributed by atoms with Gasteiger partial charge in [-0.1, -0.05) is 37.3 Å². The molecule has 90 valence electrons. The third kappa shape index (κ3) is 3.29. The van der Waals surface area contributed by atoms with Crippen LogP contribution in [0.4, 0.5) is 4.39 Å². The minimum atomic E-state index is -0.0126. The van der Waals surface area contributed by atoms with E-state index in [0.717, 1.165) is 37.7 Å². The number of halogens is 1. The number of aryl methyl sites for hydroxylation is 2. The standard InChI is InChI=1S/C16H19F/c1-2-13-7-9-14(10-8-13)11-12-15-5-3-4-6-16(15)17/h5-10H,2-4,11-12H2,1H3. The van der Waals surface area contributed by atoms with E-state index in [2.05, 4.69) is 31.2 Å². The van der Waals surface area contributed by atoms with Crippen molar-refractivity contribution in [3.63, 3.8) is 0 Å². The Morgan fingerprint density at radius 1 is 0.941 bits per heavy atom. The molecular formula is C16H19F. The van der Waals surface area contributed by atoms with E-state index in [1.54, 1.807) is 6.08 Å². The van der Waals surface area contributed by atoms with Gasteiger partial charge in [-0.25, -0.2) is 4.39 Å². The second-order valence-corrected chi connectivity index (χ2v) is 4.53. The first-order valence-corrected chi connectivity index (χ1v) is 6.42. The van der Waals surface area contributed by atoms with E-state index >= 15 is 0 Å². The Kier molecular flexibility index (Phi) is 4.13. The molecule has 1 aromatic carbocycles. The molecule has 17 heavy (non-hydrogen) atoms. The van der Waals surface area contributed by atoms with Crippen LogP contribution in [0.1, 0.15) is 37.3 Å². The lowest BCUT2D eigenvalue weighted by Crippen LogP contribution is -1.94. The van der Waals surface area contributed by atoms with Crippen molar-refractivity contribution in [1.82, 2.24) is 0 Å². The van der Waals surface area contributed by atoms with Crippen molar-refractivity contribution in [2.45, 2.75) is 39.0 Å². The summed E-state index contributed by atoms with van der Waals surface area (Å²) in [7, 11) is 0. The lowest BCUT2D eigenvalue weighted by atomic mass is 9.98. The van der Waals surface area contributed by atoms with E-state index in [0.29, 0.717) is 0 Å². The molecule has 0 bridgehead atoms. The van der Waals surface area contributed by atoms with E-state index in [9.17, 15) is 4.39 Å². The van der Waals surface area contributed by atoms with Gasteiger partial charge in [0.15, 0.2) is 0 Å². The fraction of sp³-hybridized carbons (Fsp3) is 0.375. The van der Waals surface area contributed by atoms with Gasteiger partial charge in [0.25, 0.3) is 0 Å². The van der Waals surface area contributed by atoms with Gasteiger partial charge in [0.1, 0.15) is 5.83 Å². The number of allylic oxidation sites excluding steroid dienone is 4. The van der Waals surface area contributed by atoms with Gasteiger partial charge in [-0.05, 0) is 54.9 Å². The summed E-state index contributed by atoms with van der Waals surface area (Å²) in [6, 6.07) is 8.64. The predicted molar refractivity (Wildman–Crippen MR) is 70.6 cm³/mol. The van der Waals surface area contributed by atoms with E-state index in [4.69, 9.17) is 0 Å². The molecule has 0 saturated heterocycles. The first-order chi connectivity index (χ1) is 8.29. The fourth-order valence-electron chi connectivity index (χ4n) is 2.14. The highest BCUT2D eigenvalue weighted by Crippen LogP contribution is 2.24. The highest BCUT2D eigenvalue weighted by molar-refractivity contribution is 5.30. The summed E-state index contributed by atoms with van der Waals surface area (Å²) in [5, 5.41) is 0. The summed E-state index contributed by atoms with van der Waals surface area (Å²) < 4.78 is 13.5. The third-order valence-electron chi connectivity index (χ3n) is 3.30. The third-order valence-corrected chi connectivity index (χ3v) is 3.30. The summed E-state index contributed by atoms with van der Waals surface area (Å²) in [6.07, 6.45) is 8.39. The molecule has 0 N–H and O–H groups in total. The van der Waals surface area contributed by atoms with Crippen LogP contribution < -0.4 is 0 Å². The first-order valence-electron chi connectivity index (χ1n) is 6.42. The number of benzene rings is 1. The maximum atomic E-state index is 13.5. The largest absolute Gasteiger partial charge is 0.207 e. The minimum absolute atomic E-state index is 0.0126. The Labute approximate surface area is 103 Å². The van der Waals surface area contributed by atoms with Gasteiger partial charge in [-0.3, -0.25) is 0 Å². The van der Waals surface area contributed by atoms with Crippen LogP contribution in [0.15, 0.2) is 47.8 Å². The van der Waals surface area contributed by atoms with Crippen molar-refractivity contribution in [2.75, 3.05) is 0 Å². The Hall–Kier alpha value is -1.37. The van der Waals surface area contributed by atoms with Crippen LogP contribution in [0.5, 0.6) is 0 Å². The van der Waals surface area contributed by atoms with Crippen molar-refractivity contribution in [2.24, 2.45) is 0 Å². The van der Waals surface area contributed by atoms with Gasteiger partial charge >= 0.3 is 0 Å². The minimum Gasteiger partial charge on any atom is -0.207 e. The van der Waals surface area contributed by atoms with E-state index in [1.807, 2.05) is 6.08 Å². The summed E-state index contributed by atoms with van der Waals surface area (Å²) in [5.41, 5.74) is 3.54. The lowest BCUT2D eigenvalue weighted by molar-refractivity contribution is 0.621. The lowest BCUT2D eigenvalue weighted by Gasteiger charge is -2.10. The fourth-order valence-corrected chi connectivity index (χ4v) is 2.14. The van der Waals surface area contributed by atoms with Gasteiger partial charge in [0.05, 0.1) is 0 Å². The monoisotopic (exact) mass is 230 g/mol. The zero-order valence-corrected chi connectivity index (χ0v) is 10.4. The first kappa shape index (κ1) is 12.1. The molecule has 0 nitrogen and oxygen atoms in total. The topological polar surface area (TPSA) is 0 Å². The van der Waals surface area contributed by atoms with E-state index in [1.165, 1.54) is 11.1 Å². The molecule has 1 aromatic rings. The zero-order chi connectivity index (χ0) is 12.1. The molecule has 0 heterocycles. The van der Waals surface area contributed by atoms with Crippen molar-refractivity contribution >= 4 is 0 Å². The van der Waals surface area contributed by atoms with Gasteiger partial charge < -0.3 is 0 Å². The van der Waals surface area contributed by atoms with Crippen LogP contribution in [-0.2, 0) is 12.8 Å². The van der Waals surface area contributed by atoms with Crippen LogP contribution in [0, 0.1) is 0 Å². The summed E-state index contributed by atoms with van der Waals surface area (Å²) in [6.45, 7) is 2.15. The Bertz CT molecular complexity index is 423. The molecule has 0 radical (unpaired) electrons.